The molecule has 0 aliphatic carbocycles. The number of nitrogens with one attached hydrogen (secondary N) is 1. The van der Waals surface area contributed by atoms with Crippen LogP contribution in [-0.4, -0.2) is 16.1 Å². The van der Waals surface area contributed by atoms with Crippen molar-refractivity contribution in [2.75, 3.05) is 5.32 Å². The summed E-state index contributed by atoms with van der Waals surface area (Å²) in [5.74, 6) is -0.0451. The Kier molecular flexibility index (Phi) is 5.90. The zero-order chi connectivity index (χ0) is 17.8. The third kappa shape index (κ3) is 4.92. The van der Waals surface area contributed by atoms with Gasteiger partial charge in [-0.05, 0) is 35.9 Å². The van der Waals surface area contributed by atoms with E-state index in [1.54, 1.807) is 24.3 Å². The van der Waals surface area contributed by atoms with Crippen LogP contribution < -0.4 is 5.32 Å². The van der Waals surface area contributed by atoms with E-state index in [1.165, 1.54) is 41.3 Å². The van der Waals surface area contributed by atoms with E-state index >= 15 is 0 Å². The van der Waals surface area contributed by atoms with Crippen LogP contribution in [0.5, 0.6) is 0 Å². The van der Waals surface area contributed by atoms with E-state index in [0.717, 1.165) is 5.56 Å². The molecule has 128 valence electrons. The molecule has 0 aliphatic heterocycles. The molecule has 1 amide bonds. The largest absolute Gasteiger partial charge is 0.296 e. The van der Waals surface area contributed by atoms with Crippen LogP contribution >= 0.6 is 46.3 Å². The first-order valence-electron chi connectivity index (χ1n) is 6.98. The number of rotatable bonds is 5. The molecule has 9 heteroatoms. The maximum atomic E-state index is 12.9. The molecule has 4 nitrogen and oxygen atoms in total. The molecule has 0 radical (unpaired) electrons. The summed E-state index contributed by atoms with van der Waals surface area (Å²) in [7, 11) is 0. The van der Waals surface area contributed by atoms with E-state index in [9.17, 15) is 9.18 Å². The molecular formula is C16H10Cl2FN3OS2. The Labute approximate surface area is 161 Å². The molecule has 0 bridgehead atoms. The van der Waals surface area contributed by atoms with Crippen molar-refractivity contribution in [1.29, 1.82) is 0 Å². The zero-order valence-electron chi connectivity index (χ0n) is 12.5. The van der Waals surface area contributed by atoms with Crippen LogP contribution in [0, 0.1) is 5.82 Å². The van der Waals surface area contributed by atoms with Crippen molar-refractivity contribution in [3.05, 3.63) is 69.5 Å². The van der Waals surface area contributed by atoms with E-state index in [-0.39, 0.29) is 11.4 Å². The summed E-state index contributed by atoms with van der Waals surface area (Å²) in [6.45, 7) is 0. The van der Waals surface area contributed by atoms with Gasteiger partial charge in [0.1, 0.15) is 5.82 Å². The second kappa shape index (κ2) is 8.14. The molecule has 1 heterocycles. The van der Waals surface area contributed by atoms with Gasteiger partial charge in [0.15, 0.2) is 4.34 Å². The number of halogens is 3. The minimum atomic E-state index is -0.404. The highest BCUT2D eigenvalue weighted by Crippen LogP contribution is 2.29. The number of aromatic nitrogens is 2. The predicted molar refractivity (Wildman–Crippen MR) is 100 cm³/mol. The summed E-state index contributed by atoms with van der Waals surface area (Å²) in [5, 5.41) is 11.7. The molecule has 2 aromatic carbocycles. The van der Waals surface area contributed by atoms with Gasteiger partial charge in [0.2, 0.25) is 5.13 Å². The summed E-state index contributed by atoms with van der Waals surface area (Å²) in [4.78, 5) is 12.3. The number of amides is 1. The van der Waals surface area contributed by atoms with Gasteiger partial charge in [0.25, 0.3) is 5.91 Å². The Balaban J connectivity index is 1.62. The SMILES string of the molecule is O=C(Nc1nnc(SCc2ccc(F)cc2)s1)c1cc(Cl)ccc1Cl. The first-order valence-corrected chi connectivity index (χ1v) is 9.54. The van der Waals surface area contributed by atoms with Crippen molar-refractivity contribution in [3.8, 4) is 0 Å². The molecule has 3 rings (SSSR count). The summed E-state index contributed by atoms with van der Waals surface area (Å²) >= 11 is 14.6. The van der Waals surface area contributed by atoms with E-state index in [1.807, 2.05) is 0 Å². The lowest BCUT2D eigenvalue weighted by Gasteiger charge is -2.03. The van der Waals surface area contributed by atoms with Gasteiger partial charge in [-0.2, -0.15) is 0 Å². The van der Waals surface area contributed by atoms with Crippen LogP contribution in [0.3, 0.4) is 0 Å². The van der Waals surface area contributed by atoms with Gasteiger partial charge in [0.05, 0.1) is 10.6 Å². The number of thioether (sulfide) groups is 1. The van der Waals surface area contributed by atoms with Gasteiger partial charge in [-0.1, -0.05) is 58.4 Å². The van der Waals surface area contributed by atoms with Crippen LogP contribution in [0.2, 0.25) is 10.0 Å². The molecule has 25 heavy (non-hydrogen) atoms. The standard InChI is InChI=1S/C16H10Cl2FN3OS2/c17-10-3-6-13(18)12(7-10)14(23)20-15-21-22-16(25-15)24-8-9-1-4-11(19)5-2-9/h1-7H,8H2,(H,20,21,23). The van der Waals surface area contributed by atoms with E-state index in [4.69, 9.17) is 23.2 Å². The Morgan fingerprint density at radius 3 is 2.68 bits per heavy atom. The number of carbonyl (C=O) groups is 1. The van der Waals surface area contributed by atoms with Crippen molar-refractivity contribution in [2.24, 2.45) is 0 Å². The Morgan fingerprint density at radius 2 is 1.92 bits per heavy atom. The fraction of sp³-hybridized carbons (Fsp3) is 0.0625. The van der Waals surface area contributed by atoms with Crippen LogP contribution in [0.1, 0.15) is 15.9 Å². The van der Waals surface area contributed by atoms with Gasteiger partial charge in [0, 0.05) is 10.8 Å². The minimum absolute atomic E-state index is 0.268. The molecular weight excluding hydrogens is 404 g/mol. The van der Waals surface area contributed by atoms with Gasteiger partial charge in [-0.15, -0.1) is 10.2 Å². The van der Waals surface area contributed by atoms with Crippen LogP contribution in [0.25, 0.3) is 0 Å². The number of hydrogen-bond acceptors (Lipinski definition) is 5. The molecule has 0 unspecified atom stereocenters. The predicted octanol–water partition coefficient (Wildman–Crippen LogP) is 5.53. The molecule has 0 spiro atoms. The monoisotopic (exact) mass is 413 g/mol. The highest BCUT2D eigenvalue weighted by molar-refractivity contribution is 8.00. The molecule has 1 N–H and O–H groups in total. The summed E-state index contributed by atoms with van der Waals surface area (Å²) in [5.41, 5.74) is 1.24. The first kappa shape index (κ1) is 18.1. The molecule has 0 aliphatic rings. The third-order valence-corrected chi connectivity index (χ3v) is 5.68. The maximum Gasteiger partial charge on any atom is 0.259 e. The molecule has 0 atom stereocenters. The van der Waals surface area contributed by atoms with Crippen molar-refractivity contribution in [1.82, 2.24) is 10.2 Å². The van der Waals surface area contributed by atoms with Crippen LogP contribution in [-0.2, 0) is 5.75 Å². The Hall–Kier alpha value is -1.67. The molecule has 1 aromatic heterocycles. The van der Waals surface area contributed by atoms with E-state index in [2.05, 4.69) is 15.5 Å². The number of hydrogen-bond donors (Lipinski definition) is 1. The smallest absolute Gasteiger partial charge is 0.259 e. The third-order valence-electron chi connectivity index (χ3n) is 3.08. The Morgan fingerprint density at radius 1 is 1.16 bits per heavy atom. The second-order valence-electron chi connectivity index (χ2n) is 4.87. The zero-order valence-corrected chi connectivity index (χ0v) is 15.6. The number of nitrogens with zero attached hydrogens (tertiary/aromatic N) is 2. The topological polar surface area (TPSA) is 54.9 Å². The minimum Gasteiger partial charge on any atom is -0.296 e. The normalized spacial score (nSPS) is 10.7. The van der Waals surface area contributed by atoms with Gasteiger partial charge in [-0.3, -0.25) is 10.1 Å². The average molecular weight is 414 g/mol. The van der Waals surface area contributed by atoms with Gasteiger partial charge in [-0.25, -0.2) is 4.39 Å². The van der Waals surface area contributed by atoms with Crippen molar-refractivity contribution < 1.29 is 9.18 Å². The lowest BCUT2D eigenvalue weighted by Crippen LogP contribution is -2.12. The molecule has 0 saturated heterocycles. The fourth-order valence-electron chi connectivity index (χ4n) is 1.88. The molecule has 3 aromatic rings. The summed E-state index contributed by atoms with van der Waals surface area (Å²) < 4.78 is 13.6. The summed E-state index contributed by atoms with van der Waals surface area (Å²) in [6.07, 6.45) is 0. The van der Waals surface area contributed by atoms with Crippen LogP contribution in [0.15, 0.2) is 46.8 Å². The van der Waals surface area contributed by atoms with E-state index in [0.29, 0.717) is 25.3 Å². The van der Waals surface area contributed by atoms with Crippen LogP contribution in [0.4, 0.5) is 9.52 Å². The van der Waals surface area contributed by atoms with Crippen molar-refractivity contribution in [3.63, 3.8) is 0 Å². The quantitative estimate of drug-likeness (QED) is 0.441. The molecule has 0 saturated carbocycles. The first-order chi connectivity index (χ1) is 12.0. The average Bonchev–Trinajstić information content (AvgIpc) is 3.04. The van der Waals surface area contributed by atoms with Gasteiger partial charge < -0.3 is 0 Å². The second-order valence-corrected chi connectivity index (χ2v) is 7.91. The number of anilines is 1. The highest BCUT2D eigenvalue weighted by Gasteiger charge is 2.14. The van der Waals surface area contributed by atoms with Crippen molar-refractivity contribution >= 4 is 57.3 Å². The number of carbonyl (C=O) groups excluding carboxylic acids is 1. The van der Waals surface area contributed by atoms with Crippen molar-refractivity contribution in [2.45, 2.75) is 10.1 Å². The number of benzene rings is 2. The molecule has 0 fully saturated rings. The lowest BCUT2D eigenvalue weighted by atomic mass is 10.2. The summed E-state index contributed by atoms with van der Waals surface area (Å²) in [6, 6.07) is 10.9. The Bertz CT molecular complexity index is 903. The van der Waals surface area contributed by atoms with Gasteiger partial charge >= 0.3 is 0 Å². The maximum absolute atomic E-state index is 12.9. The van der Waals surface area contributed by atoms with E-state index < -0.39 is 5.91 Å². The fourth-order valence-corrected chi connectivity index (χ4v) is 3.96. The highest BCUT2D eigenvalue weighted by atomic mass is 35.5. The lowest BCUT2D eigenvalue weighted by molar-refractivity contribution is 0.102.